The van der Waals surface area contributed by atoms with Gasteiger partial charge in [0.2, 0.25) is 11.0 Å². The van der Waals surface area contributed by atoms with E-state index in [2.05, 4.69) is 21.6 Å². The summed E-state index contributed by atoms with van der Waals surface area (Å²) in [6.07, 6.45) is 1.51. The van der Waals surface area contributed by atoms with Crippen molar-refractivity contribution in [1.82, 2.24) is 10.2 Å². The Bertz CT molecular complexity index is 1670. The van der Waals surface area contributed by atoms with Gasteiger partial charge in [0.25, 0.3) is 0 Å². The Morgan fingerprint density at radius 3 is 2.49 bits per heavy atom. The molecule has 1 aliphatic carbocycles. The van der Waals surface area contributed by atoms with Crippen molar-refractivity contribution in [3.63, 3.8) is 0 Å². The van der Waals surface area contributed by atoms with Gasteiger partial charge in [-0.15, -0.1) is 10.2 Å². The molecular formula is C30H30N6O5S2. The van der Waals surface area contributed by atoms with E-state index < -0.39 is 5.92 Å². The summed E-state index contributed by atoms with van der Waals surface area (Å²) in [7, 11) is 4.54. The zero-order valence-electron chi connectivity index (χ0n) is 24.1. The number of benzene rings is 2. The number of anilines is 2. The van der Waals surface area contributed by atoms with E-state index in [9.17, 15) is 14.9 Å². The quantitative estimate of drug-likeness (QED) is 0.315. The summed E-state index contributed by atoms with van der Waals surface area (Å²) in [6, 6.07) is 13.2. The summed E-state index contributed by atoms with van der Waals surface area (Å²) in [5.74, 6) is 0.564. The van der Waals surface area contributed by atoms with Crippen LogP contribution in [0.1, 0.15) is 36.3 Å². The van der Waals surface area contributed by atoms with E-state index in [1.54, 1.807) is 17.0 Å². The first-order chi connectivity index (χ1) is 20.8. The smallest absolute Gasteiger partial charge is 0.234 e. The van der Waals surface area contributed by atoms with Crippen LogP contribution < -0.4 is 30.2 Å². The lowest BCUT2D eigenvalue weighted by molar-refractivity contribution is -0.116. The van der Waals surface area contributed by atoms with Gasteiger partial charge in [0.05, 0.1) is 44.6 Å². The van der Waals surface area contributed by atoms with Gasteiger partial charge in [-0.25, -0.2) is 0 Å². The molecule has 0 bridgehead atoms. The van der Waals surface area contributed by atoms with Crippen molar-refractivity contribution in [2.75, 3.05) is 37.3 Å². The fourth-order valence-corrected chi connectivity index (χ4v) is 6.89. The molecule has 3 N–H and O–H groups in total. The van der Waals surface area contributed by atoms with E-state index in [0.717, 1.165) is 5.56 Å². The molecule has 0 fully saturated rings. The zero-order valence-corrected chi connectivity index (χ0v) is 25.7. The van der Waals surface area contributed by atoms with Crippen molar-refractivity contribution in [3.8, 4) is 23.3 Å². The van der Waals surface area contributed by atoms with Crippen LogP contribution in [0.4, 0.5) is 10.8 Å². The number of hydrogen-bond acceptors (Lipinski definition) is 12. The number of nitrogens with zero attached hydrogens (tertiary/aromatic N) is 4. The van der Waals surface area contributed by atoms with Crippen LogP contribution in [0, 0.1) is 18.3 Å². The maximum atomic E-state index is 13.6. The van der Waals surface area contributed by atoms with Crippen molar-refractivity contribution in [3.05, 3.63) is 70.2 Å². The van der Waals surface area contributed by atoms with Gasteiger partial charge in [0.1, 0.15) is 11.6 Å². The molecule has 0 radical (unpaired) electrons. The minimum absolute atomic E-state index is 0.0831. The monoisotopic (exact) mass is 618 g/mol. The van der Waals surface area contributed by atoms with E-state index in [1.165, 1.54) is 44.4 Å². The number of methoxy groups -OCH3 is 3. The van der Waals surface area contributed by atoms with Crippen LogP contribution in [0.25, 0.3) is 0 Å². The Morgan fingerprint density at radius 1 is 1.12 bits per heavy atom. The second kappa shape index (κ2) is 12.8. The van der Waals surface area contributed by atoms with Crippen LogP contribution in [0.2, 0.25) is 0 Å². The van der Waals surface area contributed by atoms with Crippen molar-refractivity contribution >= 4 is 45.6 Å². The van der Waals surface area contributed by atoms with Gasteiger partial charge >= 0.3 is 0 Å². The lowest BCUT2D eigenvalue weighted by Crippen LogP contribution is -2.38. The van der Waals surface area contributed by atoms with Gasteiger partial charge in [-0.2, -0.15) is 5.26 Å². The lowest BCUT2D eigenvalue weighted by atomic mass is 9.75. The number of thioether (sulfide) groups is 1. The molecule has 1 amide bonds. The molecule has 222 valence electrons. The molecule has 1 aromatic heterocycles. The highest BCUT2D eigenvalue weighted by molar-refractivity contribution is 8.01. The molecule has 2 heterocycles. The first-order valence-corrected chi connectivity index (χ1v) is 15.2. The first-order valence-electron chi connectivity index (χ1n) is 13.4. The normalized spacial score (nSPS) is 16.5. The second-order valence-corrected chi connectivity index (χ2v) is 12.0. The first kappa shape index (κ1) is 29.9. The molecule has 1 aliphatic heterocycles. The maximum Gasteiger partial charge on any atom is 0.234 e. The molecule has 0 spiro atoms. The summed E-state index contributed by atoms with van der Waals surface area (Å²) in [6.45, 7) is 1.98. The minimum atomic E-state index is -0.772. The lowest BCUT2D eigenvalue weighted by Gasteiger charge is -2.38. The van der Waals surface area contributed by atoms with Crippen LogP contribution in [0.3, 0.4) is 0 Å². The molecule has 1 unspecified atom stereocenters. The van der Waals surface area contributed by atoms with Gasteiger partial charge in [-0.05, 0) is 38.0 Å². The van der Waals surface area contributed by atoms with E-state index in [4.69, 9.17) is 19.9 Å². The standard InChI is InChI=1S/C30H30N6O5S2/c1-16-8-10-17(11-9-16)33-25(38)15-42-30-35-34-29(43-30)36-20-6-5-7-21(37)27(20)26(19(14-31)28(36)32)18-12-23(40-3)24(41-4)13-22(18)39-2/h8-13,26H,5-7,15,32H2,1-4H3,(H,33,38). The van der Waals surface area contributed by atoms with Crippen molar-refractivity contribution < 1.29 is 23.8 Å². The van der Waals surface area contributed by atoms with Gasteiger partial charge < -0.3 is 25.3 Å². The topological polar surface area (TPSA) is 153 Å². The number of aryl methyl sites for hydroxylation is 1. The largest absolute Gasteiger partial charge is 0.496 e. The number of Topliss-reactive ketones (excluding diaryl/α,β-unsaturated/α-hetero) is 1. The molecule has 5 rings (SSSR count). The van der Waals surface area contributed by atoms with Gasteiger partial charge in [0, 0.05) is 35.0 Å². The van der Waals surface area contributed by atoms with Crippen LogP contribution in [-0.4, -0.2) is 49.0 Å². The summed E-state index contributed by atoms with van der Waals surface area (Å²) in [4.78, 5) is 27.7. The molecular weight excluding hydrogens is 589 g/mol. The highest BCUT2D eigenvalue weighted by Crippen LogP contribution is 2.50. The summed E-state index contributed by atoms with van der Waals surface area (Å²) < 4.78 is 17.2. The van der Waals surface area contributed by atoms with Gasteiger partial charge in [0.15, 0.2) is 21.6 Å². The van der Waals surface area contributed by atoms with E-state index in [0.29, 0.717) is 68.5 Å². The maximum absolute atomic E-state index is 13.6. The number of allylic oxidation sites excluding steroid dienone is 3. The van der Waals surface area contributed by atoms with Crippen molar-refractivity contribution in [2.45, 2.75) is 36.4 Å². The van der Waals surface area contributed by atoms with Crippen LogP contribution in [0.15, 0.2) is 63.4 Å². The summed E-state index contributed by atoms with van der Waals surface area (Å²) in [5, 5.41) is 22.3. The fraction of sp³-hybridized carbons (Fsp3) is 0.300. The number of ether oxygens (including phenoxy) is 3. The number of ketones is 1. The third-order valence-corrected chi connectivity index (χ3v) is 9.25. The number of nitriles is 1. The molecule has 13 heteroatoms. The number of aromatic nitrogens is 2. The van der Waals surface area contributed by atoms with Crippen LogP contribution >= 0.6 is 23.1 Å². The van der Waals surface area contributed by atoms with Crippen molar-refractivity contribution in [1.29, 1.82) is 5.26 Å². The average molecular weight is 619 g/mol. The van der Waals surface area contributed by atoms with Crippen molar-refractivity contribution in [2.24, 2.45) is 5.73 Å². The summed E-state index contributed by atoms with van der Waals surface area (Å²) >= 11 is 2.48. The predicted octanol–water partition coefficient (Wildman–Crippen LogP) is 4.91. The van der Waals surface area contributed by atoms with Gasteiger partial charge in [-0.3, -0.25) is 14.5 Å². The Hall–Kier alpha value is -4.54. The zero-order chi connectivity index (χ0) is 30.7. The Morgan fingerprint density at radius 2 is 1.81 bits per heavy atom. The minimum Gasteiger partial charge on any atom is -0.496 e. The van der Waals surface area contributed by atoms with Gasteiger partial charge in [-0.1, -0.05) is 40.8 Å². The molecule has 2 aromatic carbocycles. The number of rotatable bonds is 9. The SMILES string of the molecule is COc1cc(OC)c(C2C(C#N)=C(N)N(c3nnc(SCC(=O)Nc4ccc(C)cc4)s3)C3=C2C(=O)CCC3)cc1OC. The second-order valence-electron chi connectivity index (χ2n) is 9.82. The van der Waals surface area contributed by atoms with Crippen LogP contribution in [0.5, 0.6) is 17.2 Å². The molecule has 3 aromatic rings. The van der Waals surface area contributed by atoms with E-state index >= 15 is 0 Å². The fourth-order valence-electron chi connectivity index (χ4n) is 5.21. The number of carbonyl (C=O) groups excluding carboxylic acids is 2. The summed E-state index contributed by atoms with van der Waals surface area (Å²) in [5.41, 5.74) is 10.4. The number of nitrogens with two attached hydrogens (primary N) is 1. The highest BCUT2D eigenvalue weighted by Gasteiger charge is 2.42. The Kier molecular flexibility index (Phi) is 8.89. The average Bonchev–Trinajstić information content (AvgIpc) is 3.48. The Balaban J connectivity index is 1.48. The number of amides is 1. The molecule has 43 heavy (non-hydrogen) atoms. The molecule has 0 saturated heterocycles. The molecule has 0 saturated carbocycles. The molecule has 1 atom stereocenters. The third kappa shape index (κ3) is 5.89. The number of hydrogen-bond donors (Lipinski definition) is 2. The molecule has 11 nitrogen and oxygen atoms in total. The van der Waals surface area contributed by atoms with E-state index in [-0.39, 0.29) is 28.8 Å². The molecule has 2 aliphatic rings. The van der Waals surface area contributed by atoms with E-state index in [1.807, 2.05) is 31.2 Å². The number of nitrogens with one attached hydrogen (secondary N) is 1. The third-order valence-electron chi connectivity index (χ3n) is 7.21. The predicted molar refractivity (Wildman–Crippen MR) is 164 cm³/mol. The highest BCUT2D eigenvalue weighted by atomic mass is 32.2. The Labute approximate surface area is 257 Å². The van der Waals surface area contributed by atoms with Crippen LogP contribution in [-0.2, 0) is 9.59 Å². The number of carbonyl (C=O) groups is 2.